The average Bonchev–Trinajstić information content (AvgIpc) is 2.82. The maximum atomic E-state index is 11.4. The van der Waals surface area contributed by atoms with Crippen molar-refractivity contribution < 1.29 is 4.79 Å². The van der Waals surface area contributed by atoms with Crippen molar-refractivity contribution in [3.05, 3.63) is 0 Å². The fraction of sp³-hybridized carbons (Fsp3) is 0.889. The van der Waals surface area contributed by atoms with Crippen molar-refractivity contribution in [3.63, 3.8) is 0 Å². The van der Waals surface area contributed by atoms with Gasteiger partial charge in [-0.25, -0.2) is 0 Å². The molecule has 1 aliphatic carbocycles. The molecule has 1 saturated carbocycles. The second kappa shape index (κ2) is 3.90. The van der Waals surface area contributed by atoms with Crippen LogP contribution in [0.25, 0.3) is 0 Å². The van der Waals surface area contributed by atoms with Gasteiger partial charge in [-0.2, -0.15) is 0 Å². The van der Waals surface area contributed by atoms with Crippen LogP contribution in [0.2, 0.25) is 0 Å². The lowest BCUT2D eigenvalue weighted by molar-refractivity contribution is -0.132. The van der Waals surface area contributed by atoms with E-state index in [2.05, 4.69) is 0 Å². The molecule has 0 aromatic carbocycles. The van der Waals surface area contributed by atoms with Gasteiger partial charge in [0.05, 0.1) is 6.04 Å². The lowest BCUT2D eigenvalue weighted by atomic mass is 10.2. The zero-order chi connectivity index (χ0) is 9.14. The van der Waals surface area contributed by atoms with E-state index in [1.165, 1.54) is 12.8 Å². The summed E-state index contributed by atoms with van der Waals surface area (Å²) < 4.78 is 0. The van der Waals surface area contributed by atoms with Crippen LogP contribution >= 0.6 is 0 Å². The number of likely N-dealkylation sites (N-methyl/N-ethyl adjacent to an activating group) is 1. The lowest BCUT2D eigenvalue weighted by Gasteiger charge is -2.22. The normalized spacial score (nSPS) is 18.9. The molecule has 0 spiro atoms. The first-order chi connectivity index (χ1) is 5.65. The molecule has 0 saturated heterocycles. The summed E-state index contributed by atoms with van der Waals surface area (Å²) in [6.45, 7) is 5.45. The Bertz CT molecular complexity index is 164. The number of hydrogen-bond donors (Lipinski definition) is 1. The molecule has 0 unspecified atom stereocenters. The van der Waals surface area contributed by atoms with Gasteiger partial charge in [0.25, 0.3) is 0 Å². The van der Waals surface area contributed by atoms with E-state index >= 15 is 0 Å². The van der Waals surface area contributed by atoms with Gasteiger partial charge in [-0.05, 0) is 32.6 Å². The van der Waals surface area contributed by atoms with Gasteiger partial charge in [-0.1, -0.05) is 0 Å². The topological polar surface area (TPSA) is 46.3 Å². The number of nitrogens with zero attached hydrogens (tertiary/aromatic N) is 1. The first-order valence-electron chi connectivity index (χ1n) is 4.69. The van der Waals surface area contributed by atoms with E-state index in [1.54, 1.807) is 6.92 Å². The second-order valence-corrected chi connectivity index (χ2v) is 3.61. The molecule has 1 fully saturated rings. The SMILES string of the molecule is CCN(CC1CC1)C(=O)[C@@H](C)N. The monoisotopic (exact) mass is 170 g/mol. The molecule has 3 nitrogen and oxygen atoms in total. The summed E-state index contributed by atoms with van der Waals surface area (Å²) in [5.41, 5.74) is 5.52. The third kappa shape index (κ3) is 2.48. The molecular weight excluding hydrogens is 152 g/mol. The van der Waals surface area contributed by atoms with Crippen LogP contribution < -0.4 is 5.73 Å². The molecule has 0 aromatic rings. The number of carbonyl (C=O) groups is 1. The maximum Gasteiger partial charge on any atom is 0.239 e. The van der Waals surface area contributed by atoms with Crippen LogP contribution in [-0.4, -0.2) is 29.9 Å². The molecule has 3 heteroatoms. The van der Waals surface area contributed by atoms with E-state index in [0.29, 0.717) is 0 Å². The summed E-state index contributed by atoms with van der Waals surface area (Å²) in [7, 11) is 0. The number of amides is 1. The smallest absolute Gasteiger partial charge is 0.239 e. The summed E-state index contributed by atoms with van der Waals surface area (Å²) in [6.07, 6.45) is 2.56. The lowest BCUT2D eigenvalue weighted by Crippen LogP contribution is -2.42. The van der Waals surface area contributed by atoms with Gasteiger partial charge in [-0.15, -0.1) is 0 Å². The minimum atomic E-state index is -0.344. The number of rotatable bonds is 4. The Hall–Kier alpha value is -0.570. The van der Waals surface area contributed by atoms with Gasteiger partial charge >= 0.3 is 0 Å². The minimum Gasteiger partial charge on any atom is -0.341 e. The highest BCUT2D eigenvalue weighted by atomic mass is 16.2. The average molecular weight is 170 g/mol. The van der Waals surface area contributed by atoms with Crippen molar-refractivity contribution in [3.8, 4) is 0 Å². The Morgan fingerprint density at radius 1 is 1.67 bits per heavy atom. The molecule has 12 heavy (non-hydrogen) atoms. The van der Waals surface area contributed by atoms with Gasteiger partial charge in [0.1, 0.15) is 0 Å². The fourth-order valence-corrected chi connectivity index (χ4v) is 1.27. The Labute approximate surface area is 73.9 Å². The first-order valence-corrected chi connectivity index (χ1v) is 4.69. The van der Waals surface area contributed by atoms with E-state index in [1.807, 2.05) is 11.8 Å². The van der Waals surface area contributed by atoms with Crippen molar-refractivity contribution in [1.82, 2.24) is 4.90 Å². The van der Waals surface area contributed by atoms with Crippen LogP contribution in [0.4, 0.5) is 0 Å². The molecule has 1 amide bonds. The van der Waals surface area contributed by atoms with Crippen LogP contribution in [0.1, 0.15) is 26.7 Å². The van der Waals surface area contributed by atoms with Crippen LogP contribution in [0.5, 0.6) is 0 Å². The third-order valence-electron chi connectivity index (χ3n) is 2.26. The molecule has 0 heterocycles. The predicted molar refractivity (Wildman–Crippen MR) is 48.6 cm³/mol. The van der Waals surface area contributed by atoms with Crippen LogP contribution in [0.3, 0.4) is 0 Å². The Morgan fingerprint density at radius 3 is 2.58 bits per heavy atom. The van der Waals surface area contributed by atoms with E-state index in [-0.39, 0.29) is 11.9 Å². The number of hydrogen-bond acceptors (Lipinski definition) is 2. The predicted octanol–water partition coefficient (Wildman–Crippen LogP) is 0.592. The van der Waals surface area contributed by atoms with Gasteiger partial charge in [0, 0.05) is 13.1 Å². The van der Waals surface area contributed by atoms with Gasteiger partial charge < -0.3 is 10.6 Å². The largest absolute Gasteiger partial charge is 0.341 e. The van der Waals surface area contributed by atoms with Crippen molar-refractivity contribution >= 4 is 5.91 Å². The van der Waals surface area contributed by atoms with Crippen molar-refractivity contribution in [2.75, 3.05) is 13.1 Å². The van der Waals surface area contributed by atoms with Crippen LogP contribution in [0.15, 0.2) is 0 Å². The van der Waals surface area contributed by atoms with Gasteiger partial charge in [0.2, 0.25) is 5.91 Å². The van der Waals surface area contributed by atoms with E-state index in [0.717, 1.165) is 19.0 Å². The molecule has 2 N–H and O–H groups in total. The van der Waals surface area contributed by atoms with Gasteiger partial charge in [-0.3, -0.25) is 4.79 Å². The summed E-state index contributed by atoms with van der Waals surface area (Å²) in [4.78, 5) is 13.3. The third-order valence-corrected chi connectivity index (χ3v) is 2.26. The molecule has 1 atom stereocenters. The van der Waals surface area contributed by atoms with E-state index in [9.17, 15) is 4.79 Å². The van der Waals surface area contributed by atoms with Crippen LogP contribution in [0, 0.1) is 5.92 Å². The summed E-state index contributed by atoms with van der Waals surface area (Å²) in [5.74, 6) is 0.844. The molecule has 0 bridgehead atoms. The van der Waals surface area contributed by atoms with Crippen LogP contribution in [-0.2, 0) is 4.79 Å². The summed E-state index contributed by atoms with van der Waals surface area (Å²) >= 11 is 0. The zero-order valence-corrected chi connectivity index (χ0v) is 7.92. The van der Waals surface area contributed by atoms with Crippen molar-refractivity contribution in [2.24, 2.45) is 11.7 Å². The molecule has 0 aromatic heterocycles. The molecule has 0 radical (unpaired) electrons. The fourth-order valence-electron chi connectivity index (χ4n) is 1.27. The highest BCUT2D eigenvalue weighted by Crippen LogP contribution is 2.29. The summed E-state index contributed by atoms with van der Waals surface area (Å²) in [6, 6.07) is -0.344. The second-order valence-electron chi connectivity index (χ2n) is 3.61. The molecule has 1 rings (SSSR count). The summed E-state index contributed by atoms with van der Waals surface area (Å²) in [5, 5.41) is 0. The molecule has 1 aliphatic rings. The Balaban J connectivity index is 2.36. The zero-order valence-electron chi connectivity index (χ0n) is 7.92. The minimum absolute atomic E-state index is 0.0874. The molecular formula is C9H18N2O. The van der Waals surface area contributed by atoms with Crippen molar-refractivity contribution in [1.29, 1.82) is 0 Å². The Kier molecular flexibility index (Phi) is 3.09. The standard InChI is InChI=1S/C9H18N2O/c1-3-11(6-8-4-5-8)9(12)7(2)10/h7-8H,3-6,10H2,1-2H3/t7-/m1/s1. The first kappa shape index (κ1) is 9.52. The van der Waals surface area contributed by atoms with E-state index in [4.69, 9.17) is 5.73 Å². The molecule has 0 aliphatic heterocycles. The molecule has 70 valence electrons. The quantitative estimate of drug-likeness (QED) is 0.671. The number of carbonyl (C=O) groups excluding carboxylic acids is 1. The maximum absolute atomic E-state index is 11.4. The highest BCUT2D eigenvalue weighted by Gasteiger charge is 2.26. The van der Waals surface area contributed by atoms with Crippen molar-refractivity contribution in [2.45, 2.75) is 32.7 Å². The number of nitrogens with two attached hydrogens (primary N) is 1. The highest BCUT2D eigenvalue weighted by molar-refractivity contribution is 5.81. The Morgan fingerprint density at radius 2 is 2.25 bits per heavy atom. The van der Waals surface area contributed by atoms with Gasteiger partial charge in [0.15, 0.2) is 0 Å². The van der Waals surface area contributed by atoms with E-state index < -0.39 is 0 Å².